The van der Waals surface area contributed by atoms with Crippen LogP contribution >= 0.6 is 0 Å². The van der Waals surface area contributed by atoms with Crippen molar-refractivity contribution in [3.8, 4) is 11.5 Å². The summed E-state index contributed by atoms with van der Waals surface area (Å²) in [4.78, 5) is 12.2. The number of benzene rings is 1. The van der Waals surface area contributed by atoms with Crippen molar-refractivity contribution in [2.24, 2.45) is 5.41 Å². The zero-order valence-corrected chi connectivity index (χ0v) is 12.3. The molecular weight excluding hydrogens is 254 g/mol. The maximum Gasteiger partial charge on any atom is 0.226 e. The van der Waals surface area contributed by atoms with E-state index in [1.807, 2.05) is 39.0 Å². The third kappa shape index (κ3) is 2.35. The second-order valence-corrected chi connectivity index (χ2v) is 6.64. The molecule has 4 nitrogen and oxygen atoms in total. The van der Waals surface area contributed by atoms with Crippen molar-refractivity contribution in [2.45, 2.75) is 39.2 Å². The van der Waals surface area contributed by atoms with Crippen molar-refractivity contribution < 1.29 is 14.3 Å². The Morgan fingerprint density at radius 3 is 2.40 bits per heavy atom. The Bertz CT molecular complexity index is 541. The number of nitrogens with one attached hydrogen (secondary N) is 1. The maximum atomic E-state index is 12.2. The second-order valence-electron chi connectivity index (χ2n) is 6.64. The number of carbonyl (C=O) groups excluding carboxylic acids is 1. The fraction of sp³-hybridized carbons (Fsp3) is 0.562. The molecule has 0 radical (unpaired) electrons. The second kappa shape index (κ2) is 4.40. The van der Waals surface area contributed by atoms with E-state index >= 15 is 0 Å². The summed E-state index contributed by atoms with van der Waals surface area (Å²) in [6, 6.07) is 5.97. The van der Waals surface area contributed by atoms with Crippen LogP contribution in [0, 0.1) is 5.41 Å². The van der Waals surface area contributed by atoms with Crippen molar-refractivity contribution in [1.82, 2.24) is 5.32 Å². The topological polar surface area (TPSA) is 47.6 Å². The Morgan fingerprint density at radius 1 is 1.15 bits per heavy atom. The van der Waals surface area contributed by atoms with Gasteiger partial charge in [-0.25, -0.2) is 0 Å². The monoisotopic (exact) mass is 275 g/mol. The highest BCUT2D eigenvalue weighted by Gasteiger charge is 2.47. The predicted molar refractivity (Wildman–Crippen MR) is 75.9 cm³/mol. The first-order valence-electron chi connectivity index (χ1n) is 7.13. The zero-order valence-electron chi connectivity index (χ0n) is 12.3. The summed E-state index contributed by atoms with van der Waals surface area (Å²) in [6.07, 6.45) is 1.96. The highest BCUT2D eigenvalue weighted by atomic mass is 16.6. The van der Waals surface area contributed by atoms with Gasteiger partial charge in [0.15, 0.2) is 11.5 Å². The van der Waals surface area contributed by atoms with Crippen molar-refractivity contribution in [3.05, 3.63) is 23.8 Å². The molecule has 0 atom stereocenters. The molecule has 3 rings (SSSR count). The minimum Gasteiger partial charge on any atom is -0.486 e. The van der Waals surface area contributed by atoms with E-state index in [4.69, 9.17) is 9.47 Å². The van der Waals surface area contributed by atoms with Gasteiger partial charge in [-0.3, -0.25) is 4.79 Å². The van der Waals surface area contributed by atoms with Crippen LogP contribution in [-0.2, 0) is 10.3 Å². The van der Waals surface area contributed by atoms with E-state index in [1.54, 1.807) is 0 Å². The molecular formula is C16H21NO3. The number of carbonyl (C=O) groups is 1. The summed E-state index contributed by atoms with van der Waals surface area (Å²) in [5.41, 5.74) is 0.531. The molecule has 1 aliphatic heterocycles. The smallest absolute Gasteiger partial charge is 0.226 e. The van der Waals surface area contributed by atoms with E-state index in [0.29, 0.717) is 13.2 Å². The Labute approximate surface area is 119 Å². The van der Waals surface area contributed by atoms with Gasteiger partial charge < -0.3 is 14.8 Å². The van der Waals surface area contributed by atoms with Crippen LogP contribution < -0.4 is 14.8 Å². The van der Waals surface area contributed by atoms with Crippen LogP contribution in [0.1, 0.15) is 39.2 Å². The van der Waals surface area contributed by atoms with Crippen molar-refractivity contribution in [3.63, 3.8) is 0 Å². The summed E-state index contributed by atoms with van der Waals surface area (Å²) < 4.78 is 11.2. The van der Waals surface area contributed by atoms with Crippen molar-refractivity contribution >= 4 is 5.91 Å². The average molecular weight is 275 g/mol. The van der Waals surface area contributed by atoms with Gasteiger partial charge in [0.1, 0.15) is 13.2 Å². The lowest BCUT2D eigenvalue weighted by Crippen LogP contribution is -2.41. The Balaban J connectivity index is 1.83. The Morgan fingerprint density at radius 2 is 1.80 bits per heavy atom. The Hall–Kier alpha value is -1.71. The fourth-order valence-electron chi connectivity index (χ4n) is 2.36. The normalized spacial score (nSPS) is 19.4. The van der Waals surface area contributed by atoms with Crippen LogP contribution in [0.4, 0.5) is 0 Å². The first-order chi connectivity index (χ1) is 9.41. The SMILES string of the molecule is CC(C)(C)C(=O)NC1(c2ccc3c(c2)OCCO3)CC1. The molecule has 0 bridgehead atoms. The summed E-state index contributed by atoms with van der Waals surface area (Å²) >= 11 is 0. The van der Waals surface area contributed by atoms with E-state index in [1.165, 1.54) is 0 Å². The van der Waals surface area contributed by atoms with Crippen LogP contribution in [0.3, 0.4) is 0 Å². The molecule has 0 saturated heterocycles. The van der Waals surface area contributed by atoms with E-state index < -0.39 is 0 Å². The van der Waals surface area contributed by atoms with Gasteiger partial charge in [0.2, 0.25) is 5.91 Å². The molecule has 2 aliphatic rings. The van der Waals surface area contributed by atoms with Gasteiger partial charge in [-0.2, -0.15) is 0 Å². The highest BCUT2D eigenvalue weighted by Crippen LogP contribution is 2.48. The average Bonchev–Trinajstić information content (AvgIpc) is 3.18. The molecule has 108 valence electrons. The predicted octanol–water partition coefficient (Wildman–Crippen LogP) is 2.61. The van der Waals surface area contributed by atoms with Crippen LogP contribution in [0.15, 0.2) is 18.2 Å². The van der Waals surface area contributed by atoms with Gasteiger partial charge in [-0.1, -0.05) is 26.8 Å². The summed E-state index contributed by atoms with van der Waals surface area (Å²) in [6.45, 7) is 6.97. The van der Waals surface area contributed by atoms with Crippen molar-refractivity contribution in [1.29, 1.82) is 0 Å². The van der Waals surface area contributed by atoms with Gasteiger partial charge in [-0.05, 0) is 30.5 Å². The number of amides is 1. The van der Waals surface area contributed by atoms with Gasteiger partial charge in [0.05, 0.1) is 5.54 Å². The lowest BCUT2D eigenvalue weighted by molar-refractivity contribution is -0.129. The van der Waals surface area contributed by atoms with E-state index in [0.717, 1.165) is 29.9 Å². The highest BCUT2D eigenvalue weighted by molar-refractivity contribution is 5.82. The molecule has 20 heavy (non-hydrogen) atoms. The van der Waals surface area contributed by atoms with Crippen LogP contribution in [0.5, 0.6) is 11.5 Å². The van der Waals surface area contributed by atoms with Gasteiger partial charge in [-0.15, -0.1) is 0 Å². The number of hydrogen-bond acceptors (Lipinski definition) is 3. The Kier molecular flexibility index (Phi) is 2.92. The van der Waals surface area contributed by atoms with Crippen LogP contribution in [0.25, 0.3) is 0 Å². The quantitative estimate of drug-likeness (QED) is 0.902. The molecule has 1 saturated carbocycles. The molecule has 1 aromatic carbocycles. The first kappa shape index (κ1) is 13.3. The third-order valence-corrected chi connectivity index (χ3v) is 3.88. The number of hydrogen-bond donors (Lipinski definition) is 1. The lowest BCUT2D eigenvalue weighted by atomic mass is 9.94. The van der Waals surface area contributed by atoms with E-state index in [2.05, 4.69) is 5.32 Å². The molecule has 1 N–H and O–H groups in total. The number of fused-ring (bicyclic) bond motifs is 1. The fourth-order valence-corrected chi connectivity index (χ4v) is 2.36. The van der Waals surface area contributed by atoms with E-state index in [-0.39, 0.29) is 16.9 Å². The molecule has 0 unspecified atom stereocenters. The first-order valence-corrected chi connectivity index (χ1v) is 7.13. The number of ether oxygens (including phenoxy) is 2. The van der Waals surface area contributed by atoms with Crippen LogP contribution in [0.2, 0.25) is 0 Å². The molecule has 4 heteroatoms. The maximum absolute atomic E-state index is 12.2. The molecule has 1 aliphatic carbocycles. The zero-order chi connectivity index (χ0) is 14.4. The van der Waals surface area contributed by atoms with Gasteiger partial charge in [0.25, 0.3) is 0 Å². The lowest BCUT2D eigenvalue weighted by Gasteiger charge is -2.26. The largest absolute Gasteiger partial charge is 0.486 e. The van der Waals surface area contributed by atoms with Crippen LogP contribution in [-0.4, -0.2) is 19.1 Å². The third-order valence-electron chi connectivity index (χ3n) is 3.88. The molecule has 1 heterocycles. The summed E-state index contributed by atoms with van der Waals surface area (Å²) in [5.74, 6) is 1.66. The molecule has 1 aromatic rings. The molecule has 0 aromatic heterocycles. The molecule has 1 amide bonds. The molecule has 1 fully saturated rings. The summed E-state index contributed by atoms with van der Waals surface area (Å²) in [7, 11) is 0. The standard InChI is InChI=1S/C16H21NO3/c1-15(2,3)14(18)17-16(6-7-16)11-4-5-12-13(10-11)20-9-8-19-12/h4-5,10H,6-9H2,1-3H3,(H,17,18). The minimum atomic E-state index is -0.372. The van der Waals surface area contributed by atoms with E-state index in [9.17, 15) is 4.79 Å². The van der Waals surface area contributed by atoms with Crippen molar-refractivity contribution in [2.75, 3.05) is 13.2 Å². The summed E-state index contributed by atoms with van der Waals surface area (Å²) in [5, 5.41) is 3.20. The minimum absolute atomic E-state index is 0.0879. The van der Waals surface area contributed by atoms with Gasteiger partial charge >= 0.3 is 0 Å². The van der Waals surface area contributed by atoms with Gasteiger partial charge in [0, 0.05) is 5.41 Å². The molecule has 0 spiro atoms. The number of rotatable bonds is 2.